The summed E-state index contributed by atoms with van der Waals surface area (Å²) in [6.45, 7) is 2.86. The zero-order chi connectivity index (χ0) is 18.0. The summed E-state index contributed by atoms with van der Waals surface area (Å²) >= 11 is 0. The molecule has 1 fully saturated rings. The Kier molecular flexibility index (Phi) is 4.87. The van der Waals surface area contributed by atoms with Crippen molar-refractivity contribution in [1.82, 2.24) is 24.4 Å². The van der Waals surface area contributed by atoms with Crippen molar-refractivity contribution in [1.29, 1.82) is 0 Å². The molecular weight excluding hydrogens is 342 g/mol. The minimum absolute atomic E-state index is 0.147. The standard InChI is InChI=1S/C16H21N5O3S/c1-12(15-19-17-11-20(15)2)18-16(22)13-6-5-7-14(10-13)25(23,24)21-8-3-4-9-21/h5-7,10-12H,3-4,8-9H2,1-2H3,(H,18,22). The van der Waals surface area contributed by atoms with E-state index in [4.69, 9.17) is 0 Å². The summed E-state index contributed by atoms with van der Waals surface area (Å²) in [6, 6.07) is 5.79. The number of carbonyl (C=O) groups is 1. The fourth-order valence-corrected chi connectivity index (χ4v) is 4.47. The SMILES string of the molecule is CC(NC(=O)c1cccc(S(=O)(=O)N2CCCC2)c1)c1nncn1C. The summed E-state index contributed by atoms with van der Waals surface area (Å²) < 4.78 is 28.5. The molecule has 2 aromatic rings. The highest BCUT2D eigenvalue weighted by atomic mass is 32.2. The molecule has 9 heteroatoms. The maximum atomic E-state index is 12.6. The summed E-state index contributed by atoms with van der Waals surface area (Å²) in [5.74, 6) is 0.267. The van der Waals surface area contributed by atoms with Crippen molar-refractivity contribution in [2.45, 2.75) is 30.7 Å². The van der Waals surface area contributed by atoms with Crippen LogP contribution < -0.4 is 5.32 Å². The van der Waals surface area contributed by atoms with Crippen molar-refractivity contribution in [3.8, 4) is 0 Å². The zero-order valence-electron chi connectivity index (χ0n) is 14.2. The third kappa shape index (κ3) is 3.57. The lowest BCUT2D eigenvalue weighted by molar-refractivity contribution is 0.0937. The molecule has 1 aromatic heterocycles. The Balaban J connectivity index is 1.79. The molecule has 0 bridgehead atoms. The fraction of sp³-hybridized carbons (Fsp3) is 0.438. The molecule has 1 N–H and O–H groups in total. The predicted molar refractivity (Wildman–Crippen MR) is 91.3 cm³/mol. The molecule has 2 heterocycles. The van der Waals surface area contributed by atoms with Gasteiger partial charge in [0.05, 0.1) is 10.9 Å². The number of nitrogens with one attached hydrogen (secondary N) is 1. The van der Waals surface area contributed by atoms with Crippen LogP contribution in [0.2, 0.25) is 0 Å². The largest absolute Gasteiger partial charge is 0.342 e. The molecular formula is C16H21N5O3S. The molecule has 1 aliphatic rings. The van der Waals surface area contributed by atoms with Crippen molar-refractivity contribution in [3.05, 3.63) is 42.0 Å². The molecule has 1 atom stereocenters. The van der Waals surface area contributed by atoms with Crippen LogP contribution in [0.3, 0.4) is 0 Å². The van der Waals surface area contributed by atoms with E-state index >= 15 is 0 Å². The third-order valence-electron chi connectivity index (χ3n) is 4.28. The number of aromatic nitrogens is 3. The summed E-state index contributed by atoms with van der Waals surface area (Å²) in [6.07, 6.45) is 3.30. The number of hydrogen-bond donors (Lipinski definition) is 1. The maximum Gasteiger partial charge on any atom is 0.251 e. The third-order valence-corrected chi connectivity index (χ3v) is 6.17. The highest BCUT2D eigenvalue weighted by molar-refractivity contribution is 7.89. The minimum atomic E-state index is -3.55. The van der Waals surface area contributed by atoms with E-state index in [1.807, 2.05) is 0 Å². The summed E-state index contributed by atoms with van der Waals surface area (Å²) in [7, 11) is -1.75. The van der Waals surface area contributed by atoms with E-state index in [1.54, 1.807) is 37.0 Å². The second-order valence-corrected chi connectivity index (χ2v) is 8.07. The van der Waals surface area contributed by atoms with Crippen molar-refractivity contribution in [3.63, 3.8) is 0 Å². The van der Waals surface area contributed by atoms with Gasteiger partial charge in [0.15, 0.2) is 5.82 Å². The van der Waals surface area contributed by atoms with Crippen LogP contribution in [0.1, 0.15) is 42.0 Å². The van der Waals surface area contributed by atoms with Gasteiger partial charge in [-0.25, -0.2) is 8.42 Å². The van der Waals surface area contributed by atoms with E-state index in [9.17, 15) is 13.2 Å². The molecule has 0 aliphatic carbocycles. The number of rotatable bonds is 5. The average molecular weight is 363 g/mol. The average Bonchev–Trinajstić information content (AvgIpc) is 3.26. The van der Waals surface area contributed by atoms with Crippen molar-refractivity contribution in [2.24, 2.45) is 7.05 Å². The lowest BCUT2D eigenvalue weighted by Crippen LogP contribution is -2.30. The first-order chi connectivity index (χ1) is 11.9. The van der Waals surface area contributed by atoms with Gasteiger partial charge in [0.1, 0.15) is 6.33 Å². The van der Waals surface area contributed by atoms with Gasteiger partial charge in [0.2, 0.25) is 10.0 Å². The lowest BCUT2D eigenvalue weighted by atomic mass is 10.2. The van der Waals surface area contributed by atoms with Crippen LogP contribution in [-0.2, 0) is 17.1 Å². The van der Waals surface area contributed by atoms with Crippen molar-refractivity contribution < 1.29 is 13.2 Å². The van der Waals surface area contributed by atoms with Crippen molar-refractivity contribution >= 4 is 15.9 Å². The molecule has 8 nitrogen and oxygen atoms in total. The van der Waals surface area contributed by atoms with E-state index in [2.05, 4.69) is 15.5 Å². The van der Waals surface area contributed by atoms with Crippen LogP contribution in [0.15, 0.2) is 35.5 Å². The smallest absolute Gasteiger partial charge is 0.251 e. The van der Waals surface area contributed by atoms with Crippen LogP contribution in [0.4, 0.5) is 0 Å². The highest BCUT2D eigenvalue weighted by Crippen LogP contribution is 2.21. The second-order valence-electron chi connectivity index (χ2n) is 6.13. The van der Waals surface area contributed by atoms with Gasteiger partial charge in [0.25, 0.3) is 5.91 Å². The van der Waals surface area contributed by atoms with Gasteiger partial charge < -0.3 is 9.88 Å². The van der Waals surface area contributed by atoms with Crippen LogP contribution in [0.5, 0.6) is 0 Å². The summed E-state index contributed by atoms with van der Waals surface area (Å²) in [5.41, 5.74) is 0.300. The number of sulfonamides is 1. The predicted octanol–water partition coefficient (Wildman–Crippen LogP) is 1.09. The molecule has 0 spiro atoms. The number of hydrogen-bond acceptors (Lipinski definition) is 5. The number of aryl methyl sites for hydroxylation is 1. The molecule has 25 heavy (non-hydrogen) atoms. The molecule has 1 aliphatic heterocycles. The van der Waals surface area contributed by atoms with Gasteiger partial charge in [-0.3, -0.25) is 4.79 Å². The maximum absolute atomic E-state index is 12.6. The van der Waals surface area contributed by atoms with Crippen LogP contribution >= 0.6 is 0 Å². The molecule has 1 unspecified atom stereocenters. The van der Waals surface area contributed by atoms with E-state index in [1.165, 1.54) is 16.4 Å². The Morgan fingerprint density at radius 1 is 1.28 bits per heavy atom. The van der Waals surface area contributed by atoms with Gasteiger partial charge in [-0.15, -0.1) is 10.2 Å². The Morgan fingerprint density at radius 3 is 2.64 bits per heavy atom. The molecule has 0 radical (unpaired) electrons. The molecule has 1 aromatic carbocycles. The second kappa shape index (κ2) is 6.93. The number of benzene rings is 1. The Bertz CT molecular complexity index is 871. The normalized spacial score (nSPS) is 16.7. The van der Waals surface area contributed by atoms with Gasteiger partial charge in [-0.05, 0) is 38.0 Å². The first-order valence-corrected chi connectivity index (χ1v) is 9.58. The number of carbonyl (C=O) groups excluding carboxylic acids is 1. The van der Waals surface area contributed by atoms with Gasteiger partial charge in [-0.1, -0.05) is 6.07 Å². The minimum Gasteiger partial charge on any atom is -0.342 e. The lowest BCUT2D eigenvalue weighted by Gasteiger charge is -2.16. The van der Waals surface area contributed by atoms with Crippen LogP contribution in [-0.4, -0.2) is 46.5 Å². The first-order valence-electron chi connectivity index (χ1n) is 8.14. The Morgan fingerprint density at radius 2 is 2.00 bits per heavy atom. The summed E-state index contributed by atoms with van der Waals surface area (Å²) in [5, 5.41) is 10.6. The quantitative estimate of drug-likeness (QED) is 0.858. The molecule has 134 valence electrons. The molecule has 1 amide bonds. The van der Waals surface area contributed by atoms with Gasteiger partial charge in [-0.2, -0.15) is 4.31 Å². The number of nitrogens with zero attached hydrogens (tertiary/aromatic N) is 4. The van der Waals surface area contributed by atoms with E-state index in [0.29, 0.717) is 24.5 Å². The zero-order valence-corrected chi connectivity index (χ0v) is 15.0. The monoisotopic (exact) mass is 363 g/mol. The van der Waals surface area contributed by atoms with E-state index in [0.717, 1.165) is 12.8 Å². The molecule has 1 saturated heterocycles. The van der Waals surface area contributed by atoms with E-state index < -0.39 is 10.0 Å². The van der Waals surface area contributed by atoms with Crippen molar-refractivity contribution in [2.75, 3.05) is 13.1 Å². The summed E-state index contributed by atoms with van der Waals surface area (Å²) in [4.78, 5) is 12.6. The number of amides is 1. The van der Waals surface area contributed by atoms with Crippen LogP contribution in [0.25, 0.3) is 0 Å². The van der Waals surface area contributed by atoms with E-state index in [-0.39, 0.29) is 16.8 Å². The van der Waals surface area contributed by atoms with Crippen LogP contribution in [0, 0.1) is 0 Å². The fourth-order valence-electron chi connectivity index (χ4n) is 2.90. The Labute approximate surface area is 146 Å². The molecule has 0 saturated carbocycles. The molecule has 3 rings (SSSR count). The van der Waals surface area contributed by atoms with Gasteiger partial charge >= 0.3 is 0 Å². The highest BCUT2D eigenvalue weighted by Gasteiger charge is 2.27. The Hall–Kier alpha value is -2.26. The topological polar surface area (TPSA) is 97.2 Å². The first kappa shape index (κ1) is 17.6. The van der Waals surface area contributed by atoms with Gasteiger partial charge in [0, 0.05) is 25.7 Å².